The van der Waals surface area contributed by atoms with E-state index in [1.165, 1.54) is 154 Å². The third-order valence-electron chi connectivity index (χ3n) is 16.9. The van der Waals surface area contributed by atoms with Crippen LogP contribution in [0.4, 0.5) is 0 Å². The molecule has 0 aromatic heterocycles. The van der Waals surface area contributed by atoms with E-state index in [1.807, 2.05) is 0 Å². The van der Waals surface area contributed by atoms with E-state index < -0.39 is 97.5 Å². The number of unbranched alkanes of at least 4 members (excludes halogenated alkanes) is 34. The summed E-state index contributed by atoms with van der Waals surface area (Å²) >= 11 is 0. The van der Waals surface area contributed by atoms with Crippen molar-refractivity contribution in [1.82, 2.24) is 0 Å². The van der Waals surface area contributed by atoms with Gasteiger partial charge in [0.2, 0.25) is 0 Å². The Morgan fingerprint density at radius 2 is 0.527 bits per heavy atom. The molecule has 91 heavy (non-hydrogen) atoms. The quantitative estimate of drug-likeness (QED) is 0.0222. The lowest BCUT2D eigenvalue weighted by Crippen LogP contribution is -2.30. The number of esters is 4. The minimum atomic E-state index is -4.95. The number of hydrogen-bond acceptors (Lipinski definition) is 15. The van der Waals surface area contributed by atoms with Gasteiger partial charge in [-0.2, -0.15) is 0 Å². The van der Waals surface area contributed by atoms with Gasteiger partial charge in [0.15, 0.2) is 12.2 Å². The van der Waals surface area contributed by atoms with Crippen molar-refractivity contribution in [2.75, 3.05) is 39.6 Å². The summed E-state index contributed by atoms with van der Waals surface area (Å²) in [6, 6.07) is 0. The molecule has 0 aliphatic rings. The molecule has 0 aromatic carbocycles. The van der Waals surface area contributed by atoms with Crippen molar-refractivity contribution in [1.29, 1.82) is 0 Å². The number of rotatable bonds is 69. The van der Waals surface area contributed by atoms with Crippen LogP contribution in [0.2, 0.25) is 0 Å². The number of carbonyl (C=O) groups excluding carboxylic acids is 4. The van der Waals surface area contributed by atoms with Crippen LogP contribution in [-0.4, -0.2) is 96.7 Å². The summed E-state index contributed by atoms with van der Waals surface area (Å²) in [4.78, 5) is 72.6. The maximum atomic E-state index is 13.0. The van der Waals surface area contributed by atoms with Gasteiger partial charge in [0.25, 0.3) is 0 Å². The molecule has 0 bridgehead atoms. The maximum absolute atomic E-state index is 13.0. The van der Waals surface area contributed by atoms with E-state index in [4.69, 9.17) is 37.0 Å². The second kappa shape index (κ2) is 61.6. The summed E-state index contributed by atoms with van der Waals surface area (Å²) in [5.74, 6) is 0.895. The van der Waals surface area contributed by atoms with E-state index in [1.54, 1.807) is 0 Å². The summed E-state index contributed by atoms with van der Waals surface area (Å²) in [7, 11) is -9.91. The van der Waals surface area contributed by atoms with Gasteiger partial charge < -0.3 is 33.8 Å². The highest BCUT2D eigenvalue weighted by molar-refractivity contribution is 7.47. The molecule has 0 fully saturated rings. The highest BCUT2D eigenvalue weighted by atomic mass is 31.2. The molecule has 17 nitrogen and oxygen atoms in total. The first-order chi connectivity index (χ1) is 43.6. The number of carbonyl (C=O) groups is 4. The molecule has 540 valence electrons. The summed E-state index contributed by atoms with van der Waals surface area (Å²) in [5.41, 5.74) is 0. The fourth-order valence-corrected chi connectivity index (χ4v) is 12.4. The van der Waals surface area contributed by atoms with E-state index >= 15 is 0 Å². The molecule has 19 heteroatoms. The molecule has 0 saturated carbocycles. The lowest BCUT2D eigenvalue weighted by Gasteiger charge is -2.21. The van der Waals surface area contributed by atoms with Crippen LogP contribution >= 0.6 is 15.6 Å². The van der Waals surface area contributed by atoms with Gasteiger partial charge in [-0.05, 0) is 49.4 Å². The van der Waals surface area contributed by atoms with E-state index in [2.05, 4.69) is 55.4 Å². The van der Waals surface area contributed by atoms with Gasteiger partial charge in [0, 0.05) is 25.7 Å². The van der Waals surface area contributed by atoms with Crippen molar-refractivity contribution < 1.29 is 80.2 Å². The Bertz CT molecular complexity index is 1800. The number of phosphoric acid groups is 2. The van der Waals surface area contributed by atoms with Gasteiger partial charge in [-0.3, -0.25) is 37.3 Å². The molecule has 0 aromatic rings. The van der Waals surface area contributed by atoms with Gasteiger partial charge in [-0.15, -0.1) is 0 Å². The molecule has 4 unspecified atom stereocenters. The Labute approximate surface area is 556 Å². The first-order valence-corrected chi connectivity index (χ1v) is 40.2. The molecule has 0 radical (unpaired) electrons. The van der Waals surface area contributed by atoms with Crippen LogP contribution in [0.25, 0.3) is 0 Å². The van der Waals surface area contributed by atoms with Crippen molar-refractivity contribution >= 4 is 39.5 Å². The second-order valence-corrected chi connectivity index (χ2v) is 30.6. The molecular formula is C72H140O17P2. The average molecular weight is 1340 g/mol. The van der Waals surface area contributed by atoms with Gasteiger partial charge in [0.1, 0.15) is 19.3 Å². The van der Waals surface area contributed by atoms with E-state index in [9.17, 15) is 43.2 Å². The molecule has 3 N–H and O–H groups in total. The largest absolute Gasteiger partial charge is 0.472 e. The summed E-state index contributed by atoms with van der Waals surface area (Å²) < 4.78 is 68.4. The number of hydrogen-bond donors (Lipinski definition) is 3. The fourth-order valence-electron chi connectivity index (χ4n) is 10.8. The molecule has 0 amide bonds. The van der Waals surface area contributed by atoms with Gasteiger partial charge in [-0.1, -0.05) is 306 Å². The molecule has 0 rings (SSSR count). The minimum absolute atomic E-state index is 0.104. The number of aliphatic hydroxyl groups excluding tert-OH is 1. The zero-order valence-electron chi connectivity index (χ0n) is 59.5. The van der Waals surface area contributed by atoms with Crippen LogP contribution in [0.15, 0.2) is 0 Å². The van der Waals surface area contributed by atoms with Crippen molar-refractivity contribution in [2.45, 2.75) is 375 Å². The molecule has 0 heterocycles. The molecule has 6 atom stereocenters. The highest BCUT2D eigenvalue weighted by Gasteiger charge is 2.30. The zero-order valence-corrected chi connectivity index (χ0v) is 61.3. The van der Waals surface area contributed by atoms with Crippen LogP contribution in [-0.2, 0) is 65.4 Å². The molecular weight excluding hydrogens is 1200 g/mol. The Balaban J connectivity index is 5.27. The summed E-state index contributed by atoms with van der Waals surface area (Å²) in [6.45, 7) is 14.1. The van der Waals surface area contributed by atoms with Gasteiger partial charge >= 0.3 is 39.5 Å². The van der Waals surface area contributed by atoms with Crippen LogP contribution in [0, 0.1) is 23.7 Å². The predicted molar refractivity (Wildman–Crippen MR) is 367 cm³/mol. The predicted octanol–water partition coefficient (Wildman–Crippen LogP) is 20.5. The second-order valence-electron chi connectivity index (χ2n) is 27.6. The Morgan fingerprint density at radius 1 is 0.308 bits per heavy atom. The maximum Gasteiger partial charge on any atom is 0.472 e. The standard InChI is InChI=1S/C72H140O17P2/c1-9-65(8)51-43-35-27-21-22-30-39-47-55-72(77)89-68(59-83-70(75)53-45-37-31-23-26-34-42-50-64(6)7)61-87-91(80,81)85-57-66(73)56-84-90(78,79)86-60-67(58-82-69(74)52-44-36-28-19-16-12-14-18-25-33-41-49-63(4)5)88-71(76)54-46-38-29-20-15-11-10-13-17-24-32-40-48-62(2)3/h62-68,73H,9-61H2,1-8H3,(H,78,79)(H,80,81)/t65?,66?,67-,68-/m1/s1. The highest BCUT2D eigenvalue weighted by Crippen LogP contribution is 2.45. The molecule has 0 aliphatic carbocycles. The van der Waals surface area contributed by atoms with Crippen LogP contribution in [0.3, 0.4) is 0 Å². The SMILES string of the molecule is CCC(C)CCCCCCCCCCC(=O)O[C@H](COC(=O)CCCCCCCCCC(C)C)COP(=O)(O)OCC(O)COP(=O)(O)OC[C@@H](COC(=O)CCCCCCCCCCCCCC(C)C)OC(=O)CCCCCCCCCCCCCCC(C)C. The minimum Gasteiger partial charge on any atom is -0.462 e. The lowest BCUT2D eigenvalue weighted by molar-refractivity contribution is -0.161. The normalized spacial score (nSPS) is 14.5. The van der Waals surface area contributed by atoms with Gasteiger partial charge in [0.05, 0.1) is 26.4 Å². The molecule has 0 aliphatic heterocycles. The monoisotopic (exact) mass is 1340 g/mol. The number of phosphoric ester groups is 2. The van der Waals surface area contributed by atoms with E-state index in [0.29, 0.717) is 31.6 Å². The lowest BCUT2D eigenvalue weighted by atomic mass is 9.99. The summed E-state index contributed by atoms with van der Waals surface area (Å²) in [5, 5.41) is 10.6. The van der Waals surface area contributed by atoms with E-state index in [0.717, 1.165) is 114 Å². The number of aliphatic hydroxyl groups is 1. The van der Waals surface area contributed by atoms with Crippen LogP contribution in [0.1, 0.15) is 357 Å². The van der Waals surface area contributed by atoms with E-state index in [-0.39, 0.29) is 25.7 Å². The fraction of sp³-hybridized carbons (Fsp3) is 0.944. The third kappa shape index (κ3) is 65.1. The number of ether oxygens (including phenoxy) is 4. The smallest absolute Gasteiger partial charge is 0.462 e. The van der Waals surface area contributed by atoms with Crippen molar-refractivity contribution in [3.63, 3.8) is 0 Å². The Kier molecular flexibility index (Phi) is 60.3. The Morgan fingerprint density at radius 3 is 0.780 bits per heavy atom. The topological polar surface area (TPSA) is 237 Å². The first-order valence-electron chi connectivity index (χ1n) is 37.2. The van der Waals surface area contributed by atoms with Gasteiger partial charge in [-0.25, -0.2) is 9.13 Å². The van der Waals surface area contributed by atoms with Crippen LogP contribution in [0.5, 0.6) is 0 Å². The van der Waals surface area contributed by atoms with Crippen molar-refractivity contribution in [2.24, 2.45) is 23.7 Å². The average Bonchev–Trinajstić information content (AvgIpc) is 3.71. The molecule has 0 saturated heterocycles. The zero-order chi connectivity index (χ0) is 67.5. The first kappa shape index (κ1) is 89.1. The third-order valence-corrected chi connectivity index (χ3v) is 18.8. The van der Waals surface area contributed by atoms with Crippen LogP contribution < -0.4 is 0 Å². The molecule has 0 spiro atoms. The summed E-state index contributed by atoms with van der Waals surface area (Å²) in [6.07, 6.45) is 44.4. The van der Waals surface area contributed by atoms with Crippen molar-refractivity contribution in [3.8, 4) is 0 Å². The Hall–Kier alpha value is -1.94. The van der Waals surface area contributed by atoms with Crippen molar-refractivity contribution in [3.05, 3.63) is 0 Å².